The fourth-order valence-corrected chi connectivity index (χ4v) is 0.576. The Hall–Kier alpha value is -0.520. The van der Waals surface area contributed by atoms with Crippen LogP contribution in [0.3, 0.4) is 0 Å². The number of rotatable bonds is 2. The molecule has 0 aliphatic heterocycles. The lowest BCUT2D eigenvalue weighted by molar-refractivity contribution is 1.20. The normalized spacial score (nSPS) is 13.1. The van der Waals surface area contributed by atoms with Gasteiger partial charge in [-0.15, -0.1) is 0 Å². The fourth-order valence-electron chi connectivity index (χ4n) is 0.576. The topological polar surface area (TPSA) is 0 Å². The van der Waals surface area contributed by atoms with Gasteiger partial charge in [-0.1, -0.05) is 30.7 Å². The Bertz CT molecular complexity index is 96.6. The summed E-state index contributed by atoms with van der Waals surface area (Å²) in [4.78, 5) is 0. The van der Waals surface area contributed by atoms with Gasteiger partial charge in [0.2, 0.25) is 0 Å². The van der Waals surface area contributed by atoms with Crippen LogP contribution in [0.25, 0.3) is 0 Å². The second-order valence-electron chi connectivity index (χ2n) is 1.76. The highest BCUT2D eigenvalue weighted by molar-refractivity contribution is 5.15. The van der Waals surface area contributed by atoms with Gasteiger partial charge in [-0.2, -0.15) is 0 Å². The fraction of sp³-hybridized carbons (Fsp3) is 0.375. The molecule has 0 aromatic heterocycles. The van der Waals surface area contributed by atoms with E-state index < -0.39 is 0 Å². The van der Waals surface area contributed by atoms with E-state index in [1.165, 1.54) is 5.57 Å². The van der Waals surface area contributed by atoms with Crippen molar-refractivity contribution in [3.05, 3.63) is 30.7 Å². The summed E-state index contributed by atoms with van der Waals surface area (Å²) >= 11 is 0. The van der Waals surface area contributed by atoms with Crippen molar-refractivity contribution < 1.29 is 0 Å². The van der Waals surface area contributed by atoms with Crippen molar-refractivity contribution in [3.63, 3.8) is 0 Å². The molecular weight excluding hydrogens is 96.1 g/mol. The van der Waals surface area contributed by atoms with Gasteiger partial charge in [0.1, 0.15) is 0 Å². The maximum Gasteiger partial charge on any atom is -0.0313 e. The predicted molar refractivity (Wildman–Crippen MR) is 38.5 cm³/mol. The average Bonchev–Trinajstić information content (AvgIpc) is 1.68. The van der Waals surface area contributed by atoms with Crippen LogP contribution in [0.2, 0.25) is 0 Å². The summed E-state index contributed by atoms with van der Waals surface area (Å²) in [7, 11) is 0. The molecule has 0 aromatic rings. The molecule has 0 amide bonds. The van der Waals surface area contributed by atoms with Gasteiger partial charge in [0.25, 0.3) is 0 Å². The minimum Gasteiger partial charge on any atom is -0.0840 e. The van der Waals surface area contributed by atoms with E-state index in [1.54, 1.807) is 0 Å². The first-order valence-corrected chi connectivity index (χ1v) is 2.93. The molecule has 8 heavy (non-hydrogen) atoms. The molecule has 0 N–H and O–H groups in total. The minimum atomic E-state index is 1.11. The van der Waals surface area contributed by atoms with Crippen LogP contribution in [0.5, 0.6) is 0 Å². The zero-order valence-electron chi connectivity index (χ0n) is 5.65. The van der Waals surface area contributed by atoms with Gasteiger partial charge in [-0.3, -0.25) is 0 Å². The Balaban J connectivity index is 3.61. The molecule has 0 bridgehead atoms. The first-order chi connectivity index (χ1) is 3.81. The highest BCUT2D eigenvalue weighted by Crippen LogP contribution is 1.95. The van der Waals surface area contributed by atoms with Gasteiger partial charge in [0.05, 0.1) is 0 Å². The second kappa shape index (κ2) is 4.63. The van der Waals surface area contributed by atoms with E-state index in [-0.39, 0.29) is 0 Å². The van der Waals surface area contributed by atoms with E-state index in [9.17, 15) is 0 Å². The summed E-state index contributed by atoms with van der Waals surface area (Å²) in [6, 6.07) is 0. The van der Waals surface area contributed by atoms with Crippen LogP contribution in [0.1, 0.15) is 20.3 Å². The quantitative estimate of drug-likeness (QED) is 0.478. The van der Waals surface area contributed by atoms with Gasteiger partial charge in [0, 0.05) is 0 Å². The zero-order chi connectivity index (χ0) is 6.41. The minimum absolute atomic E-state index is 1.11. The van der Waals surface area contributed by atoms with Crippen molar-refractivity contribution in [3.8, 4) is 0 Å². The molecule has 0 aliphatic carbocycles. The van der Waals surface area contributed by atoms with E-state index in [2.05, 4.69) is 26.8 Å². The summed E-state index contributed by atoms with van der Waals surface area (Å²) in [5.74, 6) is 0. The summed E-state index contributed by atoms with van der Waals surface area (Å²) < 4.78 is 0. The SMILES string of the molecule is [CH2]/C=C/C(C)=C/CC. The molecular formula is C8H13. The van der Waals surface area contributed by atoms with Crippen LogP contribution < -0.4 is 0 Å². The van der Waals surface area contributed by atoms with E-state index >= 15 is 0 Å². The Morgan fingerprint density at radius 3 is 2.62 bits per heavy atom. The summed E-state index contributed by atoms with van der Waals surface area (Å²) in [5, 5.41) is 0. The third kappa shape index (κ3) is 3.66. The van der Waals surface area contributed by atoms with Gasteiger partial charge >= 0.3 is 0 Å². The van der Waals surface area contributed by atoms with Crippen molar-refractivity contribution >= 4 is 0 Å². The summed E-state index contributed by atoms with van der Waals surface area (Å²) in [5.41, 5.74) is 1.29. The van der Waals surface area contributed by atoms with Crippen molar-refractivity contribution in [1.29, 1.82) is 0 Å². The number of hydrogen-bond acceptors (Lipinski definition) is 0. The van der Waals surface area contributed by atoms with Crippen molar-refractivity contribution in [1.82, 2.24) is 0 Å². The lowest BCUT2D eigenvalue weighted by Crippen LogP contribution is -1.64. The molecule has 0 saturated heterocycles. The molecule has 45 valence electrons. The molecule has 0 heteroatoms. The molecule has 1 radical (unpaired) electrons. The smallest absolute Gasteiger partial charge is 0.0313 e. The van der Waals surface area contributed by atoms with Crippen LogP contribution in [0.15, 0.2) is 23.8 Å². The second-order valence-corrected chi connectivity index (χ2v) is 1.76. The van der Waals surface area contributed by atoms with Crippen molar-refractivity contribution in [2.45, 2.75) is 20.3 Å². The molecule has 0 aliphatic rings. The average molecular weight is 109 g/mol. The van der Waals surface area contributed by atoms with Crippen molar-refractivity contribution in [2.24, 2.45) is 0 Å². The third-order valence-corrected chi connectivity index (χ3v) is 0.907. The Morgan fingerprint density at radius 2 is 2.25 bits per heavy atom. The monoisotopic (exact) mass is 109 g/mol. The Labute approximate surface area is 51.9 Å². The third-order valence-electron chi connectivity index (χ3n) is 0.907. The predicted octanol–water partition coefficient (Wildman–Crippen LogP) is 2.73. The molecule has 0 unspecified atom stereocenters. The summed E-state index contributed by atoms with van der Waals surface area (Å²) in [6.45, 7) is 7.79. The van der Waals surface area contributed by atoms with Crippen LogP contribution in [0.4, 0.5) is 0 Å². The van der Waals surface area contributed by atoms with Crippen LogP contribution >= 0.6 is 0 Å². The molecule has 0 atom stereocenters. The Kier molecular flexibility index (Phi) is 4.33. The van der Waals surface area contributed by atoms with E-state index in [0.717, 1.165) is 6.42 Å². The first-order valence-electron chi connectivity index (χ1n) is 2.93. The molecule has 0 fully saturated rings. The van der Waals surface area contributed by atoms with Crippen LogP contribution in [-0.4, -0.2) is 0 Å². The highest BCUT2D eigenvalue weighted by Gasteiger charge is 1.74. The molecule has 0 nitrogen and oxygen atoms in total. The van der Waals surface area contributed by atoms with E-state index in [0.29, 0.717) is 0 Å². The van der Waals surface area contributed by atoms with Crippen LogP contribution in [-0.2, 0) is 0 Å². The zero-order valence-corrected chi connectivity index (χ0v) is 5.65. The largest absolute Gasteiger partial charge is 0.0840 e. The number of hydrogen-bond donors (Lipinski definition) is 0. The molecule has 0 spiro atoms. The molecule has 0 rings (SSSR count). The number of allylic oxidation sites excluding steroid dienone is 4. The van der Waals surface area contributed by atoms with Crippen LogP contribution in [0, 0.1) is 6.92 Å². The Morgan fingerprint density at radius 1 is 1.62 bits per heavy atom. The van der Waals surface area contributed by atoms with E-state index in [4.69, 9.17) is 0 Å². The molecule has 0 heterocycles. The molecule has 0 aromatic carbocycles. The maximum absolute atomic E-state index is 3.59. The van der Waals surface area contributed by atoms with Crippen molar-refractivity contribution in [2.75, 3.05) is 0 Å². The highest BCUT2D eigenvalue weighted by atomic mass is 13.8. The maximum atomic E-state index is 3.59. The summed E-state index contributed by atoms with van der Waals surface area (Å²) in [6.07, 6.45) is 7.09. The van der Waals surface area contributed by atoms with E-state index in [1.807, 2.05) is 12.2 Å². The van der Waals surface area contributed by atoms with Gasteiger partial charge in [-0.25, -0.2) is 0 Å². The van der Waals surface area contributed by atoms with Gasteiger partial charge in [-0.05, 0) is 20.3 Å². The standard InChI is InChI=1S/C8H13/c1-4-6-8(3)7-5-2/h4,6-7H,1,5H2,2-3H3/b6-4+,8-7+. The molecule has 0 saturated carbocycles. The van der Waals surface area contributed by atoms with Gasteiger partial charge < -0.3 is 0 Å². The lowest BCUT2D eigenvalue weighted by atomic mass is 10.2. The lowest BCUT2D eigenvalue weighted by Gasteiger charge is -1.85. The first kappa shape index (κ1) is 7.48. The van der Waals surface area contributed by atoms with Gasteiger partial charge in [0.15, 0.2) is 0 Å².